The molecule has 0 atom stereocenters. The summed E-state index contributed by atoms with van der Waals surface area (Å²) < 4.78 is 9.99. The number of esters is 1. The third-order valence-corrected chi connectivity index (χ3v) is 3.86. The fourth-order valence-corrected chi connectivity index (χ4v) is 2.43. The second-order valence-electron chi connectivity index (χ2n) is 5.57. The highest BCUT2D eigenvalue weighted by molar-refractivity contribution is 5.98. The van der Waals surface area contributed by atoms with E-state index in [0.717, 1.165) is 0 Å². The van der Waals surface area contributed by atoms with Crippen LogP contribution in [0.4, 0.5) is 5.69 Å². The first kappa shape index (κ1) is 19.2. The number of hydrogen-bond acceptors (Lipinski definition) is 5. The molecule has 0 spiro atoms. The molecule has 2 amide bonds. The van der Waals surface area contributed by atoms with Crippen LogP contribution < -0.4 is 5.32 Å². The SMILES string of the molecule is CCN(CC)C(=O)c1cccc(NC(=O)COC(=O)c2ccoc2C)c1. The number of carbonyl (C=O) groups is 3. The van der Waals surface area contributed by atoms with Crippen molar-refractivity contribution in [2.45, 2.75) is 20.8 Å². The molecule has 7 nitrogen and oxygen atoms in total. The van der Waals surface area contributed by atoms with Crippen LogP contribution in [-0.2, 0) is 9.53 Å². The Bertz CT molecular complexity index is 793. The van der Waals surface area contributed by atoms with Crippen molar-refractivity contribution in [1.29, 1.82) is 0 Å². The molecule has 7 heteroatoms. The van der Waals surface area contributed by atoms with E-state index in [4.69, 9.17) is 9.15 Å². The fraction of sp³-hybridized carbons (Fsp3) is 0.316. The first-order valence-corrected chi connectivity index (χ1v) is 8.36. The van der Waals surface area contributed by atoms with Crippen LogP contribution in [0.1, 0.15) is 40.3 Å². The van der Waals surface area contributed by atoms with E-state index in [9.17, 15) is 14.4 Å². The normalized spacial score (nSPS) is 10.3. The summed E-state index contributed by atoms with van der Waals surface area (Å²) in [6.07, 6.45) is 1.38. The Kier molecular flexibility index (Phi) is 6.54. The standard InChI is InChI=1S/C19H22N2O5/c1-4-21(5-2)18(23)14-7-6-8-15(11-14)20-17(22)12-26-19(24)16-9-10-25-13(16)3/h6-11H,4-5,12H2,1-3H3,(H,20,22). The van der Waals surface area contributed by atoms with Crippen LogP contribution in [0, 0.1) is 6.92 Å². The number of amides is 2. The van der Waals surface area contributed by atoms with Crippen LogP contribution in [0.2, 0.25) is 0 Å². The number of aryl methyl sites for hydroxylation is 1. The summed E-state index contributed by atoms with van der Waals surface area (Å²) in [4.78, 5) is 37.9. The van der Waals surface area contributed by atoms with Crippen LogP contribution in [-0.4, -0.2) is 42.4 Å². The zero-order chi connectivity index (χ0) is 19.1. The highest BCUT2D eigenvalue weighted by Gasteiger charge is 2.16. The van der Waals surface area contributed by atoms with E-state index in [1.54, 1.807) is 36.1 Å². The fourth-order valence-electron chi connectivity index (χ4n) is 2.43. The number of rotatable bonds is 7. The summed E-state index contributed by atoms with van der Waals surface area (Å²) in [7, 11) is 0. The Morgan fingerprint density at radius 3 is 2.50 bits per heavy atom. The van der Waals surface area contributed by atoms with Gasteiger partial charge in [0.1, 0.15) is 11.3 Å². The van der Waals surface area contributed by atoms with Crippen molar-refractivity contribution in [1.82, 2.24) is 4.90 Å². The summed E-state index contributed by atoms with van der Waals surface area (Å²) >= 11 is 0. The lowest BCUT2D eigenvalue weighted by Gasteiger charge is -2.19. The zero-order valence-electron chi connectivity index (χ0n) is 15.1. The van der Waals surface area contributed by atoms with E-state index in [2.05, 4.69) is 5.32 Å². The number of nitrogens with zero attached hydrogens (tertiary/aromatic N) is 1. The second kappa shape index (κ2) is 8.84. The van der Waals surface area contributed by atoms with Gasteiger partial charge in [0, 0.05) is 24.3 Å². The van der Waals surface area contributed by atoms with Gasteiger partial charge < -0.3 is 19.4 Å². The van der Waals surface area contributed by atoms with Gasteiger partial charge in [0.2, 0.25) is 0 Å². The van der Waals surface area contributed by atoms with Gasteiger partial charge in [-0.3, -0.25) is 9.59 Å². The maximum atomic E-state index is 12.4. The molecule has 0 aliphatic rings. The number of hydrogen-bond donors (Lipinski definition) is 1. The minimum atomic E-state index is -0.628. The van der Waals surface area contributed by atoms with Gasteiger partial charge in [-0.2, -0.15) is 0 Å². The van der Waals surface area contributed by atoms with Gasteiger partial charge in [0.05, 0.1) is 6.26 Å². The maximum absolute atomic E-state index is 12.4. The zero-order valence-corrected chi connectivity index (χ0v) is 15.1. The molecular formula is C19H22N2O5. The largest absolute Gasteiger partial charge is 0.469 e. The van der Waals surface area contributed by atoms with Gasteiger partial charge in [-0.15, -0.1) is 0 Å². The molecule has 0 aliphatic heterocycles. The number of benzene rings is 1. The molecular weight excluding hydrogens is 336 g/mol. The maximum Gasteiger partial charge on any atom is 0.342 e. The molecule has 1 heterocycles. The highest BCUT2D eigenvalue weighted by atomic mass is 16.5. The first-order chi connectivity index (χ1) is 12.5. The Balaban J connectivity index is 1.95. The van der Waals surface area contributed by atoms with Crippen molar-refractivity contribution in [3.63, 3.8) is 0 Å². The van der Waals surface area contributed by atoms with E-state index in [1.165, 1.54) is 12.3 Å². The van der Waals surface area contributed by atoms with E-state index in [0.29, 0.717) is 30.1 Å². The molecule has 0 radical (unpaired) electrons. The van der Waals surface area contributed by atoms with Gasteiger partial charge >= 0.3 is 5.97 Å². The lowest BCUT2D eigenvalue weighted by Crippen LogP contribution is -2.30. The molecule has 0 saturated carbocycles. The summed E-state index contributed by atoms with van der Waals surface area (Å²) in [5.41, 5.74) is 1.23. The molecule has 138 valence electrons. The number of ether oxygens (including phenoxy) is 1. The molecule has 2 rings (SSSR count). The topological polar surface area (TPSA) is 88.9 Å². The molecule has 26 heavy (non-hydrogen) atoms. The molecule has 0 bridgehead atoms. The third kappa shape index (κ3) is 4.72. The highest BCUT2D eigenvalue weighted by Crippen LogP contribution is 2.14. The Morgan fingerprint density at radius 1 is 1.15 bits per heavy atom. The summed E-state index contributed by atoms with van der Waals surface area (Å²) in [6.45, 7) is 6.23. The van der Waals surface area contributed by atoms with E-state index in [1.807, 2.05) is 13.8 Å². The van der Waals surface area contributed by atoms with Gasteiger partial charge in [-0.25, -0.2) is 4.79 Å². The van der Waals surface area contributed by atoms with Crippen LogP contribution in [0.3, 0.4) is 0 Å². The van der Waals surface area contributed by atoms with Crippen LogP contribution in [0.5, 0.6) is 0 Å². The van der Waals surface area contributed by atoms with Crippen molar-refractivity contribution < 1.29 is 23.5 Å². The number of anilines is 1. The number of nitrogens with one attached hydrogen (secondary N) is 1. The summed E-state index contributed by atoms with van der Waals surface area (Å²) in [5, 5.41) is 2.62. The third-order valence-electron chi connectivity index (χ3n) is 3.86. The van der Waals surface area contributed by atoms with Crippen molar-refractivity contribution in [3.8, 4) is 0 Å². The second-order valence-corrected chi connectivity index (χ2v) is 5.57. The Labute approximate surface area is 151 Å². The molecule has 1 N–H and O–H groups in total. The summed E-state index contributed by atoms with van der Waals surface area (Å²) in [6, 6.07) is 8.13. The molecule has 0 saturated heterocycles. The van der Waals surface area contributed by atoms with E-state index < -0.39 is 18.5 Å². The van der Waals surface area contributed by atoms with Gasteiger partial charge in [-0.05, 0) is 45.0 Å². The minimum absolute atomic E-state index is 0.104. The van der Waals surface area contributed by atoms with E-state index in [-0.39, 0.29) is 11.5 Å². The van der Waals surface area contributed by atoms with Crippen molar-refractivity contribution in [2.24, 2.45) is 0 Å². The quantitative estimate of drug-likeness (QED) is 0.769. The predicted molar refractivity (Wildman–Crippen MR) is 96.1 cm³/mol. The Hall–Kier alpha value is -3.09. The van der Waals surface area contributed by atoms with Gasteiger partial charge in [-0.1, -0.05) is 6.07 Å². The lowest BCUT2D eigenvalue weighted by atomic mass is 10.1. The minimum Gasteiger partial charge on any atom is -0.469 e. The van der Waals surface area contributed by atoms with E-state index >= 15 is 0 Å². The van der Waals surface area contributed by atoms with Crippen molar-refractivity contribution in [3.05, 3.63) is 53.5 Å². The molecule has 0 aliphatic carbocycles. The van der Waals surface area contributed by atoms with Crippen LogP contribution in [0.15, 0.2) is 41.0 Å². The smallest absolute Gasteiger partial charge is 0.342 e. The average Bonchev–Trinajstić information content (AvgIpc) is 3.07. The van der Waals surface area contributed by atoms with Crippen molar-refractivity contribution >= 4 is 23.5 Å². The Morgan fingerprint density at radius 2 is 1.88 bits per heavy atom. The lowest BCUT2D eigenvalue weighted by molar-refractivity contribution is -0.119. The van der Waals surface area contributed by atoms with Gasteiger partial charge in [0.25, 0.3) is 11.8 Å². The molecule has 0 unspecified atom stereocenters. The number of carbonyl (C=O) groups excluding carboxylic acids is 3. The monoisotopic (exact) mass is 358 g/mol. The van der Waals surface area contributed by atoms with Gasteiger partial charge in [0.15, 0.2) is 6.61 Å². The molecule has 1 aromatic heterocycles. The molecule has 2 aromatic rings. The summed E-state index contributed by atoms with van der Waals surface area (Å²) in [5.74, 6) is -0.796. The predicted octanol–water partition coefficient (Wildman–Crippen LogP) is 2.87. The first-order valence-electron chi connectivity index (χ1n) is 8.36. The molecule has 0 fully saturated rings. The van der Waals surface area contributed by atoms with Crippen LogP contribution >= 0.6 is 0 Å². The van der Waals surface area contributed by atoms with Crippen LogP contribution in [0.25, 0.3) is 0 Å². The number of furan rings is 1. The average molecular weight is 358 g/mol. The molecule has 1 aromatic carbocycles. The van der Waals surface area contributed by atoms with Crippen molar-refractivity contribution in [2.75, 3.05) is 25.0 Å².